The highest BCUT2D eigenvalue weighted by Gasteiger charge is 2.22. The SMILES string of the molecule is C[C@@H]1CNCC[C@H]1Nc1nc2cc[nH]c(=O)c2c2cc(F)ccc12. The average molecular weight is 326 g/mol. The Kier molecular flexibility index (Phi) is 3.69. The second-order valence-corrected chi connectivity index (χ2v) is 6.44. The monoisotopic (exact) mass is 326 g/mol. The third-order valence-corrected chi connectivity index (χ3v) is 4.78. The molecule has 2 aromatic heterocycles. The summed E-state index contributed by atoms with van der Waals surface area (Å²) in [7, 11) is 0. The number of halogens is 1. The zero-order valence-corrected chi connectivity index (χ0v) is 13.4. The maximum Gasteiger partial charge on any atom is 0.258 e. The molecule has 1 fully saturated rings. The van der Waals surface area contributed by atoms with E-state index in [-0.39, 0.29) is 11.4 Å². The molecule has 0 bridgehead atoms. The van der Waals surface area contributed by atoms with Gasteiger partial charge in [0.25, 0.3) is 5.56 Å². The van der Waals surface area contributed by atoms with Crippen LogP contribution in [0.3, 0.4) is 0 Å². The molecule has 5 nitrogen and oxygen atoms in total. The van der Waals surface area contributed by atoms with E-state index in [0.717, 1.165) is 24.9 Å². The Morgan fingerprint density at radius 3 is 3.00 bits per heavy atom. The van der Waals surface area contributed by atoms with Gasteiger partial charge in [-0.25, -0.2) is 9.37 Å². The summed E-state index contributed by atoms with van der Waals surface area (Å²) < 4.78 is 13.8. The average Bonchev–Trinajstić information content (AvgIpc) is 2.56. The van der Waals surface area contributed by atoms with E-state index in [9.17, 15) is 9.18 Å². The van der Waals surface area contributed by atoms with Crippen LogP contribution in [-0.2, 0) is 0 Å². The van der Waals surface area contributed by atoms with Crippen LogP contribution in [-0.4, -0.2) is 29.1 Å². The van der Waals surface area contributed by atoms with Crippen molar-refractivity contribution in [3.63, 3.8) is 0 Å². The highest BCUT2D eigenvalue weighted by atomic mass is 19.1. The van der Waals surface area contributed by atoms with Crippen LogP contribution in [0.25, 0.3) is 21.7 Å². The first-order chi connectivity index (χ1) is 11.6. The molecule has 3 N–H and O–H groups in total. The van der Waals surface area contributed by atoms with Crippen molar-refractivity contribution >= 4 is 27.5 Å². The number of fused-ring (bicyclic) bond motifs is 3. The third kappa shape index (κ3) is 2.53. The number of anilines is 1. The van der Waals surface area contributed by atoms with E-state index in [2.05, 4.69) is 27.5 Å². The molecule has 3 heterocycles. The van der Waals surface area contributed by atoms with E-state index >= 15 is 0 Å². The van der Waals surface area contributed by atoms with Gasteiger partial charge in [-0.3, -0.25) is 4.79 Å². The van der Waals surface area contributed by atoms with Crippen molar-refractivity contribution in [3.8, 4) is 0 Å². The molecule has 24 heavy (non-hydrogen) atoms. The number of pyridine rings is 2. The number of piperidine rings is 1. The molecule has 1 aliphatic heterocycles. The van der Waals surface area contributed by atoms with E-state index < -0.39 is 0 Å². The fourth-order valence-corrected chi connectivity index (χ4v) is 3.45. The van der Waals surface area contributed by atoms with Crippen LogP contribution in [0.1, 0.15) is 13.3 Å². The fourth-order valence-electron chi connectivity index (χ4n) is 3.45. The molecule has 0 aliphatic carbocycles. The van der Waals surface area contributed by atoms with Crippen molar-refractivity contribution < 1.29 is 4.39 Å². The minimum absolute atomic E-state index is 0.252. The Hall–Kier alpha value is -2.47. The molecule has 1 saturated heterocycles. The second-order valence-electron chi connectivity index (χ2n) is 6.44. The van der Waals surface area contributed by atoms with Crippen LogP contribution in [0.5, 0.6) is 0 Å². The molecule has 6 heteroatoms. The molecule has 1 aromatic carbocycles. The lowest BCUT2D eigenvalue weighted by molar-refractivity contribution is 0.368. The van der Waals surface area contributed by atoms with Crippen molar-refractivity contribution in [2.24, 2.45) is 5.92 Å². The van der Waals surface area contributed by atoms with Gasteiger partial charge in [0.1, 0.15) is 11.6 Å². The summed E-state index contributed by atoms with van der Waals surface area (Å²) >= 11 is 0. The highest BCUT2D eigenvalue weighted by molar-refractivity contribution is 6.09. The Bertz CT molecular complexity index is 968. The lowest BCUT2D eigenvalue weighted by Gasteiger charge is -2.31. The molecule has 124 valence electrons. The van der Waals surface area contributed by atoms with Gasteiger partial charge in [0.15, 0.2) is 0 Å². The Morgan fingerprint density at radius 2 is 2.17 bits per heavy atom. The number of hydrogen-bond acceptors (Lipinski definition) is 4. The molecular weight excluding hydrogens is 307 g/mol. The molecular formula is C18H19FN4O. The summed E-state index contributed by atoms with van der Waals surface area (Å²) in [5, 5.41) is 8.68. The number of benzene rings is 1. The van der Waals surface area contributed by atoms with Crippen molar-refractivity contribution in [2.45, 2.75) is 19.4 Å². The fraction of sp³-hybridized carbons (Fsp3) is 0.333. The highest BCUT2D eigenvalue weighted by Crippen LogP contribution is 2.29. The minimum Gasteiger partial charge on any atom is -0.366 e. The first-order valence-corrected chi connectivity index (χ1v) is 8.21. The lowest BCUT2D eigenvalue weighted by Crippen LogP contribution is -2.42. The number of aromatic nitrogens is 2. The van der Waals surface area contributed by atoms with Gasteiger partial charge >= 0.3 is 0 Å². The van der Waals surface area contributed by atoms with Crippen molar-refractivity contribution in [1.82, 2.24) is 15.3 Å². The summed E-state index contributed by atoms with van der Waals surface area (Å²) in [4.78, 5) is 19.5. The van der Waals surface area contributed by atoms with E-state index in [1.54, 1.807) is 18.3 Å². The Morgan fingerprint density at radius 1 is 1.29 bits per heavy atom. The molecule has 0 spiro atoms. The van der Waals surface area contributed by atoms with Crippen LogP contribution in [0.15, 0.2) is 35.3 Å². The molecule has 1 aliphatic rings. The van der Waals surface area contributed by atoms with Gasteiger partial charge < -0.3 is 15.6 Å². The van der Waals surface area contributed by atoms with Crippen LogP contribution in [0, 0.1) is 11.7 Å². The third-order valence-electron chi connectivity index (χ3n) is 4.78. The maximum absolute atomic E-state index is 13.8. The van der Waals surface area contributed by atoms with E-state index in [1.807, 2.05) is 0 Å². The largest absolute Gasteiger partial charge is 0.366 e. The van der Waals surface area contributed by atoms with Crippen LogP contribution < -0.4 is 16.2 Å². The predicted octanol–water partition coefficient (Wildman–Crippen LogP) is 2.63. The van der Waals surface area contributed by atoms with Gasteiger partial charge in [0.2, 0.25) is 0 Å². The minimum atomic E-state index is -0.362. The van der Waals surface area contributed by atoms with E-state index in [4.69, 9.17) is 0 Å². The number of aromatic amines is 1. The maximum atomic E-state index is 13.8. The van der Waals surface area contributed by atoms with Gasteiger partial charge in [-0.2, -0.15) is 0 Å². The normalized spacial score (nSPS) is 21.2. The number of hydrogen-bond donors (Lipinski definition) is 3. The van der Waals surface area contributed by atoms with E-state index in [1.165, 1.54) is 12.1 Å². The van der Waals surface area contributed by atoms with Crippen LogP contribution in [0.4, 0.5) is 10.2 Å². The number of H-pyrrole nitrogens is 1. The number of nitrogens with zero attached hydrogens (tertiary/aromatic N) is 1. The first-order valence-electron chi connectivity index (χ1n) is 8.21. The quantitative estimate of drug-likeness (QED) is 0.633. The zero-order valence-electron chi connectivity index (χ0n) is 13.4. The number of nitrogens with one attached hydrogen (secondary N) is 3. The van der Waals surface area contributed by atoms with E-state index in [0.29, 0.717) is 34.1 Å². The summed E-state index contributed by atoms with van der Waals surface area (Å²) in [6.07, 6.45) is 2.57. The Labute approximate surface area is 138 Å². The summed E-state index contributed by atoms with van der Waals surface area (Å²) in [5.41, 5.74) is 0.318. The Balaban J connectivity index is 1.92. The zero-order chi connectivity index (χ0) is 16.7. The van der Waals surface area contributed by atoms with Crippen molar-refractivity contribution in [2.75, 3.05) is 18.4 Å². The van der Waals surface area contributed by atoms with Crippen molar-refractivity contribution in [1.29, 1.82) is 0 Å². The molecule has 4 rings (SSSR count). The summed E-state index contributed by atoms with van der Waals surface area (Å²) in [6, 6.07) is 6.55. The molecule has 3 aromatic rings. The molecule has 0 amide bonds. The topological polar surface area (TPSA) is 69.8 Å². The van der Waals surface area contributed by atoms with Gasteiger partial charge in [-0.15, -0.1) is 0 Å². The molecule has 0 unspecified atom stereocenters. The molecule has 0 saturated carbocycles. The van der Waals surface area contributed by atoms with Crippen LogP contribution in [0.2, 0.25) is 0 Å². The second kappa shape index (κ2) is 5.87. The molecule has 2 atom stereocenters. The van der Waals surface area contributed by atoms with Gasteiger partial charge in [-0.1, -0.05) is 6.92 Å². The number of rotatable bonds is 2. The van der Waals surface area contributed by atoms with Gasteiger partial charge in [0.05, 0.1) is 10.9 Å². The summed E-state index contributed by atoms with van der Waals surface area (Å²) in [5.74, 6) is 0.812. The standard InChI is InChI=1S/C18H19FN4O/c1-10-9-20-6-4-14(10)22-17-12-3-2-11(19)8-13(12)16-15(23-17)5-7-21-18(16)24/h2-3,5,7-8,10,14,20H,4,6,9H2,1H3,(H,21,24)(H,22,23)/t10-,14-/m1/s1. The smallest absolute Gasteiger partial charge is 0.258 e. The predicted molar refractivity (Wildman–Crippen MR) is 93.9 cm³/mol. The summed E-state index contributed by atoms with van der Waals surface area (Å²) in [6.45, 7) is 4.11. The van der Waals surface area contributed by atoms with Gasteiger partial charge in [-0.05, 0) is 49.7 Å². The lowest BCUT2D eigenvalue weighted by atomic mass is 9.95. The van der Waals surface area contributed by atoms with Crippen LogP contribution >= 0.6 is 0 Å². The first kappa shape index (κ1) is 15.1. The van der Waals surface area contributed by atoms with Crippen molar-refractivity contribution in [3.05, 3.63) is 46.6 Å². The van der Waals surface area contributed by atoms with Gasteiger partial charge in [0, 0.05) is 23.0 Å². The molecule has 0 radical (unpaired) electrons.